The van der Waals surface area contributed by atoms with E-state index in [-0.39, 0.29) is 18.1 Å². The van der Waals surface area contributed by atoms with Crippen LogP contribution in [-0.4, -0.2) is 41.1 Å². The first-order chi connectivity index (χ1) is 9.20. The van der Waals surface area contributed by atoms with Crippen LogP contribution in [0.4, 0.5) is 0 Å². The van der Waals surface area contributed by atoms with Crippen molar-refractivity contribution in [2.45, 2.75) is 38.8 Å². The molecule has 1 aromatic heterocycles. The van der Waals surface area contributed by atoms with Gasteiger partial charge in [0.1, 0.15) is 0 Å². The number of carbonyl (C=O) groups excluding carboxylic acids is 1. The Bertz CT molecular complexity index is 472. The summed E-state index contributed by atoms with van der Waals surface area (Å²) in [5.41, 5.74) is 1.63. The van der Waals surface area contributed by atoms with Crippen LogP contribution in [0.5, 0.6) is 0 Å². The SMILES string of the molecule is CCO[C@@H]1[C@H]2CC[C@H]1N(C(=O)c1ccc(C)nc1)C2. The number of pyridine rings is 1. The van der Waals surface area contributed by atoms with Crippen LogP contribution in [-0.2, 0) is 4.74 Å². The highest BCUT2D eigenvalue weighted by Crippen LogP contribution is 2.40. The van der Waals surface area contributed by atoms with Gasteiger partial charge in [0.15, 0.2) is 0 Å². The molecule has 2 heterocycles. The molecule has 0 radical (unpaired) electrons. The number of carbonyl (C=O) groups is 1. The summed E-state index contributed by atoms with van der Waals surface area (Å²) < 4.78 is 5.82. The van der Waals surface area contributed by atoms with E-state index in [1.54, 1.807) is 6.20 Å². The van der Waals surface area contributed by atoms with Gasteiger partial charge in [-0.25, -0.2) is 0 Å². The molecule has 19 heavy (non-hydrogen) atoms. The van der Waals surface area contributed by atoms with E-state index in [1.807, 2.05) is 30.9 Å². The first-order valence-corrected chi connectivity index (χ1v) is 7.06. The topological polar surface area (TPSA) is 42.4 Å². The quantitative estimate of drug-likeness (QED) is 0.835. The van der Waals surface area contributed by atoms with Gasteiger partial charge >= 0.3 is 0 Å². The molecule has 3 atom stereocenters. The molecule has 2 bridgehead atoms. The number of hydrogen-bond donors (Lipinski definition) is 0. The predicted molar refractivity (Wildman–Crippen MR) is 71.9 cm³/mol. The Morgan fingerprint density at radius 3 is 3.00 bits per heavy atom. The van der Waals surface area contributed by atoms with Crippen molar-refractivity contribution < 1.29 is 9.53 Å². The number of hydrogen-bond acceptors (Lipinski definition) is 3. The molecule has 1 saturated carbocycles. The zero-order valence-corrected chi connectivity index (χ0v) is 11.5. The van der Waals surface area contributed by atoms with Crippen LogP contribution < -0.4 is 0 Å². The molecular formula is C15H20N2O2. The van der Waals surface area contributed by atoms with Crippen molar-refractivity contribution in [2.24, 2.45) is 5.92 Å². The number of ether oxygens (including phenoxy) is 1. The number of likely N-dealkylation sites (tertiary alicyclic amines) is 1. The zero-order chi connectivity index (χ0) is 13.4. The monoisotopic (exact) mass is 260 g/mol. The summed E-state index contributed by atoms with van der Waals surface area (Å²) in [7, 11) is 0. The Morgan fingerprint density at radius 1 is 1.47 bits per heavy atom. The third kappa shape index (κ3) is 2.14. The van der Waals surface area contributed by atoms with Crippen molar-refractivity contribution in [3.8, 4) is 0 Å². The first-order valence-electron chi connectivity index (χ1n) is 7.06. The second-order valence-electron chi connectivity index (χ2n) is 5.47. The summed E-state index contributed by atoms with van der Waals surface area (Å²) in [6, 6.07) is 4.02. The van der Waals surface area contributed by atoms with Crippen molar-refractivity contribution in [3.63, 3.8) is 0 Å². The molecule has 3 rings (SSSR count). The number of piperidine rings is 1. The van der Waals surface area contributed by atoms with Gasteiger partial charge < -0.3 is 9.64 Å². The highest BCUT2D eigenvalue weighted by atomic mass is 16.5. The second-order valence-corrected chi connectivity index (χ2v) is 5.47. The molecule has 0 aromatic carbocycles. The predicted octanol–water partition coefficient (Wildman–Crippen LogP) is 2.03. The van der Waals surface area contributed by atoms with Gasteiger partial charge in [-0.05, 0) is 38.8 Å². The van der Waals surface area contributed by atoms with Gasteiger partial charge in [0.2, 0.25) is 0 Å². The molecule has 0 spiro atoms. The van der Waals surface area contributed by atoms with Gasteiger partial charge in [0, 0.05) is 31.0 Å². The fourth-order valence-electron chi connectivity index (χ4n) is 3.38. The van der Waals surface area contributed by atoms with E-state index in [2.05, 4.69) is 4.98 Å². The van der Waals surface area contributed by atoms with Crippen molar-refractivity contribution in [3.05, 3.63) is 29.6 Å². The van der Waals surface area contributed by atoms with Crippen molar-refractivity contribution >= 4 is 5.91 Å². The maximum absolute atomic E-state index is 12.5. The molecule has 0 unspecified atom stereocenters. The fourth-order valence-corrected chi connectivity index (χ4v) is 3.38. The van der Waals surface area contributed by atoms with Crippen molar-refractivity contribution in [2.75, 3.05) is 13.2 Å². The van der Waals surface area contributed by atoms with Gasteiger partial charge in [-0.15, -0.1) is 0 Å². The van der Waals surface area contributed by atoms with E-state index in [1.165, 1.54) is 6.42 Å². The van der Waals surface area contributed by atoms with Crippen molar-refractivity contribution in [1.29, 1.82) is 0 Å². The molecular weight excluding hydrogens is 240 g/mol. The van der Waals surface area contributed by atoms with Crippen LogP contribution in [0, 0.1) is 12.8 Å². The molecule has 1 aliphatic heterocycles. The van der Waals surface area contributed by atoms with Gasteiger partial charge in [-0.3, -0.25) is 9.78 Å². The van der Waals surface area contributed by atoms with E-state index in [9.17, 15) is 4.79 Å². The summed E-state index contributed by atoms with van der Waals surface area (Å²) in [6.07, 6.45) is 4.18. The zero-order valence-electron chi connectivity index (χ0n) is 11.5. The lowest BCUT2D eigenvalue weighted by molar-refractivity contribution is 0.0333. The average Bonchev–Trinajstić information content (AvgIpc) is 2.96. The second kappa shape index (κ2) is 4.93. The normalized spacial score (nSPS) is 28.9. The number of aryl methyl sites for hydroxylation is 1. The fraction of sp³-hybridized carbons (Fsp3) is 0.600. The Labute approximate surface area is 113 Å². The maximum atomic E-state index is 12.5. The minimum Gasteiger partial charge on any atom is -0.376 e. The van der Waals surface area contributed by atoms with E-state index in [4.69, 9.17) is 4.74 Å². The van der Waals surface area contributed by atoms with Gasteiger partial charge in [-0.1, -0.05) is 0 Å². The number of fused-ring (bicyclic) bond motifs is 2. The van der Waals surface area contributed by atoms with Crippen LogP contribution >= 0.6 is 0 Å². The van der Waals surface area contributed by atoms with E-state index >= 15 is 0 Å². The third-order valence-electron chi connectivity index (χ3n) is 4.29. The van der Waals surface area contributed by atoms with Crippen LogP contribution in [0.3, 0.4) is 0 Å². The minimum atomic E-state index is 0.101. The summed E-state index contributed by atoms with van der Waals surface area (Å²) in [6.45, 7) is 5.51. The van der Waals surface area contributed by atoms with Crippen LogP contribution in [0.25, 0.3) is 0 Å². The van der Waals surface area contributed by atoms with E-state index < -0.39 is 0 Å². The molecule has 1 aliphatic carbocycles. The minimum absolute atomic E-state index is 0.101. The van der Waals surface area contributed by atoms with Gasteiger partial charge in [-0.2, -0.15) is 0 Å². The largest absolute Gasteiger partial charge is 0.376 e. The summed E-state index contributed by atoms with van der Waals surface area (Å²) >= 11 is 0. The smallest absolute Gasteiger partial charge is 0.255 e. The molecule has 102 valence electrons. The Balaban J connectivity index is 1.77. The standard InChI is InChI=1S/C15H20N2O2/c1-3-19-14-12-6-7-13(14)17(9-12)15(18)11-5-4-10(2)16-8-11/h4-5,8,12-14H,3,6-7,9H2,1-2H3/t12-,13+,14+/m0/s1. The van der Waals surface area contributed by atoms with Gasteiger partial charge in [0.05, 0.1) is 17.7 Å². The van der Waals surface area contributed by atoms with Gasteiger partial charge in [0.25, 0.3) is 5.91 Å². The maximum Gasteiger partial charge on any atom is 0.255 e. The third-order valence-corrected chi connectivity index (χ3v) is 4.29. The lowest BCUT2D eigenvalue weighted by Gasteiger charge is -2.27. The lowest BCUT2D eigenvalue weighted by Crippen LogP contribution is -2.40. The average molecular weight is 260 g/mol. The first kappa shape index (κ1) is 12.6. The molecule has 1 saturated heterocycles. The highest BCUT2D eigenvalue weighted by molar-refractivity contribution is 5.94. The summed E-state index contributed by atoms with van der Waals surface area (Å²) in [5.74, 6) is 0.622. The lowest BCUT2D eigenvalue weighted by atomic mass is 10.1. The van der Waals surface area contributed by atoms with E-state index in [0.717, 1.165) is 25.3 Å². The Hall–Kier alpha value is -1.42. The van der Waals surface area contributed by atoms with Crippen molar-refractivity contribution in [1.82, 2.24) is 9.88 Å². The van der Waals surface area contributed by atoms with Crippen LogP contribution in [0.15, 0.2) is 18.3 Å². The number of rotatable bonds is 3. The van der Waals surface area contributed by atoms with Crippen LogP contribution in [0.1, 0.15) is 35.8 Å². The number of amides is 1. The van der Waals surface area contributed by atoms with E-state index in [0.29, 0.717) is 11.5 Å². The van der Waals surface area contributed by atoms with Crippen LogP contribution in [0.2, 0.25) is 0 Å². The Morgan fingerprint density at radius 2 is 2.32 bits per heavy atom. The molecule has 4 nitrogen and oxygen atoms in total. The molecule has 2 aliphatic rings. The molecule has 4 heteroatoms. The Kier molecular flexibility index (Phi) is 3.27. The number of aromatic nitrogens is 1. The molecule has 1 aromatic rings. The highest BCUT2D eigenvalue weighted by Gasteiger charge is 2.49. The number of nitrogens with zero attached hydrogens (tertiary/aromatic N) is 2. The molecule has 1 amide bonds. The molecule has 0 N–H and O–H groups in total. The summed E-state index contributed by atoms with van der Waals surface area (Å²) in [4.78, 5) is 18.7. The summed E-state index contributed by atoms with van der Waals surface area (Å²) in [5, 5.41) is 0. The molecule has 2 fully saturated rings.